The minimum atomic E-state index is -0.417. The summed E-state index contributed by atoms with van der Waals surface area (Å²) < 4.78 is 10.7. The number of para-hydroxylation sites is 1. The normalized spacial score (nSPS) is 10.1. The lowest BCUT2D eigenvalue weighted by Crippen LogP contribution is -2.16. The Morgan fingerprint density at radius 1 is 1.05 bits per heavy atom. The molecule has 2 rings (SSSR count). The number of hydrogen-bond donors (Lipinski definition) is 0. The van der Waals surface area contributed by atoms with Gasteiger partial charge in [-0.15, -0.1) is 0 Å². The van der Waals surface area contributed by atoms with Gasteiger partial charge in [-0.2, -0.15) is 0 Å². The lowest BCUT2D eigenvalue weighted by molar-refractivity contribution is 0.0730. The highest BCUT2D eigenvalue weighted by Gasteiger charge is 2.20. The molecule has 0 radical (unpaired) electrons. The second-order valence-corrected chi connectivity index (χ2v) is 4.88. The van der Waals surface area contributed by atoms with Crippen molar-refractivity contribution < 1.29 is 14.3 Å². The Labute approximate surface area is 124 Å². The fraction of sp³-hybridized carbons (Fsp3) is 0.235. The molecule has 0 atom stereocenters. The summed E-state index contributed by atoms with van der Waals surface area (Å²) in [6, 6.07) is 12.7. The van der Waals surface area contributed by atoms with E-state index in [1.165, 1.54) is 0 Å². The van der Waals surface area contributed by atoms with Crippen molar-refractivity contribution in [1.29, 1.82) is 0 Å². The van der Waals surface area contributed by atoms with Gasteiger partial charge in [0.25, 0.3) is 0 Å². The average molecular weight is 285 g/mol. The Morgan fingerprint density at radius 2 is 1.71 bits per heavy atom. The minimum Gasteiger partial charge on any atom is -0.496 e. The first-order valence-electron chi connectivity index (χ1n) is 6.66. The molecule has 4 heteroatoms. The molecule has 21 heavy (non-hydrogen) atoms. The SMILES string of the molecule is COc1ccc(N(C)C)c(C)c1C(=O)Oc1ccccc1. The summed E-state index contributed by atoms with van der Waals surface area (Å²) in [5.74, 6) is 0.609. The van der Waals surface area contributed by atoms with Gasteiger partial charge in [-0.1, -0.05) is 18.2 Å². The van der Waals surface area contributed by atoms with Crippen LogP contribution in [0.5, 0.6) is 11.5 Å². The molecule has 0 bridgehead atoms. The summed E-state index contributed by atoms with van der Waals surface area (Å²) in [6.45, 7) is 1.89. The molecular weight excluding hydrogens is 266 g/mol. The second kappa shape index (κ2) is 6.31. The van der Waals surface area contributed by atoms with Gasteiger partial charge in [0, 0.05) is 19.8 Å². The maximum atomic E-state index is 12.5. The number of carbonyl (C=O) groups excluding carboxylic acids is 1. The molecule has 0 N–H and O–H groups in total. The van der Waals surface area contributed by atoms with Crippen LogP contribution in [0.15, 0.2) is 42.5 Å². The number of hydrogen-bond acceptors (Lipinski definition) is 4. The lowest BCUT2D eigenvalue weighted by Gasteiger charge is -2.19. The van der Waals surface area contributed by atoms with Gasteiger partial charge in [0.15, 0.2) is 0 Å². The number of carbonyl (C=O) groups is 1. The Hall–Kier alpha value is -2.49. The van der Waals surface area contributed by atoms with E-state index in [-0.39, 0.29) is 0 Å². The van der Waals surface area contributed by atoms with Crippen molar-refractivity contribution in [2.24, 2.45) is 0 Å². The molecule has 0 saturated heterocycles. The zero-order valence-corrected chi connectivity index (χ0v) is 12.7. The highest BCUT2D eigenvalue weighted by molar-refractivity contribution is 5.97. The van der Waals surface area contributed by atoms with Crippen molar-refractivity contribution in [2.45, 2.75) is 6.92 Å². The molecule has 4 nitrogen and oxygen atoms in total. The van der Waals surface area contributed by atoms with Gasteiger partial charge in [0.1, 0.15) is 17.1 Å². The summed E-state index contributed by atoms with van der Waals surface area (Å²) in [7, 11) is 5.41. The van der Waals surface area contributed by atoms with E-state index >= 15 is 0 Å². The van der Waals surface area contributed by atoms with Gasteiger partial charge in [0.2, 0.25) is 0 Å². The van der Waals surface area contributed by atoms with E-state index in [0.717, 1.165) is 11.3 Å². The molecule has 0 spiro atoms. The molecular formula is C17H19NO3. The number of methoxy groups -OCH3 is 1. The maximum Gasteiger partial charge on any atom is 0.347 e. The van der Waals surface area contributed by atoms with Gasteiger partial charge in [0.05, 0.1) is 7.11 Å². The van der Waals surface area contributed by atoms with E-state index in [9.17, 15) is 4.79 Å². The fourth-order valence-corrected chi connectivity index (χ4v) is 2.23. The lowest BCUT2D eigenvalue weighted by atomic mass is 10.0. The van der Waals surface area contributed by atoms with Gasteiger partial charge in [-0.05, 0) is 36.8 Å². The largest absolute Gasteiger partial charge is 0.496 e. The second-order valence-electron chi connectivity index (χ2n) is 4.88. The van der Waals surface area contributed by atoms with E-state index in [4.69, 9.17) is 9.47 Å². The third-order valence-electron chi connectivity index (χ3n) is 3.26. The van der Waals surface area contributed by atoms with Crippen LogP contribution in [0.1, 0.15) is 15.9 Å². The molecule has 0 unspecified atom stereocenters. The summed E-state index contributed by atoms with van der Waals surface area (Å²) in [5.41, 5.74) is 2.24. The van der Waals surface area contributed by atoms with Crippen LogP contribution >= 0.6 is 0 Å². The predicted molar refractivity (Wildman–Crippen MR) is 83.5 cm³/mol. The Morgan fingerprint density at radius 3 is 2.29 bits per heavy atom. The van der Waals surface area contributed by atoms with Gasteiger partial charge >= 0.3 is 5.97 Å². The highest BCUT2D eigenvalue weighted by atomic mass is 16.5. The Kier molecular flexibility index (Phi) is 4.48. The number of ether oxygens (including phenoxy) is 2. The Bertz CT molecular complexity index is 636. The summed E-state index contributed by atoms with van der Waals surface area (Å²) in [5, 5.41) is 0. The molecule has 110 valence electrons. The molecule has 0 amide bonds. The molecule has 0 aliphatic heterocycles. The first-order chi connectivity index (χ1) is 10.0. The molecule has 2 aromatic carbocycles. The van der Waals surface area contributed by atoms with Crippen molar-refractivity contribution in [3.63, 3.8) is 0 Å². The van der Waals surface area contributed by atoms with Crippen LogP contribution in [0.3, 0.4) is 0 Å². The van der Waals surface area contributed by atoms with Crippen molar-refractivity contribution >= 4 is 11.7 Å². The van der Waals surface area contributed by atoms with Gasteiger partial charge < -0.3 is 14.4 Å². The van der Waals surface area contributed by atoms with E-state index in [1.54, 1.807) is 25.3 Å². The van der Waals surface area contributed by atoms with Crippen molar-refractivity contribution in [3.8, 4) is 11.5 Å². The molecule has 0 heterocycles. The van der Waals surface area contributed by atoms with Gasteiger partial charge in [-0.25, -0.2) is 4.79 Å². The van der Waals surface area contributed by atoms with E-state index < -0.39 is 5.97 Å². The maximum absolute atomic E-state index is 12.5. The smallest absolute Gasteiger partial charge is 0.347 e. The van der Waals surface area contributed by atoms with Crippen molar-refractivity contribution in [2.75, 3.05) is 26.1 Å². The molecule has 2 aromatic rings. The van der Waals surface area contributed by atoms with Crippen LogP contribution in [0.2, 0.25) is 0 Å². The topological polar surface area (TPSA) is 38.8 Å². The van der Waals surface area contributed by atoms with Crippen LogP contribution in [0.25, 0.3) is 0 Å². The first kappa shape index (κ1) is 14.9. The predicted octanol–water partition coefficient (Wildman–Crippen LogP) is 3.29. The zero-order valence-electron chi connectivity index (χ0n) is 12.7. The first-order valence-corrected chi connectivity index (χ1v) is 6.66. The van der Waals surface area contributed by atoms with Crippen LogP contribution < -0.4 is 14.4 Å². The van der Waals surface area contributed by atoms with E-state index in [2.05, 4.69) is 0 Å². The van der Waals surface area contributed by atoms with Crippen LogP contribution in [-0.2, 0) is 0 Å². The fourth-order valence-electron chi connectivity index (χ4n) is 2.23. The molecule has 0 aliphatic carbocycles. The van der Waals surface area contributed by atoms with Crippen LogP contribution in [0.4, 0.5) is 5.69 Å². The highest BCUT2D eigenvalue weighted by Crippen LogP contribution is 2.30. The monoisotopic (exact) mass is 285 g/mol. The third-order valence-corrected chi connectivity index (χ3v) is 3.26. The van der Waals surface area contributed by atoms with Crippen LogP contribution in [-0.4, -0.2) is 27.2 Å². The summed E-state index contributed by atoms with van der Waals surface area (Å²) in [4.78, 5) is 14.4. The van der Waals surface area contributed by atoms with Crippen LogP contribution in [0, 0.1) is 6.92 Å². The molecule has 0 aromatic heterocycles. The summed E-state index contributed by atoms with van der Waals surface area (Å²) >= 11 is 0. The third kappa shape index (κ3) is 3.16. The standard InChI is InChI=1S/C17H19NO3/c1-12-14(18(2)3)10-11-15(20-4)16(12)17(19)21-13-8-6-5-7-9-13/h5-11H,1-4H3. The number of anilines is 1. The number of rotatable bonds is 4. The zero-order chi connectivity index (χ0) is 15.4. The van der Waals surface area contributed by atoms with E-state index in [0.29, 0.717) is 17.1 Å². The average Bonchev–Trinajstić information content (AvgIpc) is 2.47. The van der Waals surface area contributed by atoms with Gasteiger partial charge in [-0.3, -0.25) is 0 Å². The number of benzene rings is 2. The van der Waals surface area contributed by atoms with Crippen molar-refractivity contribution in [1.82, 2.24) is 0 Å². The minimum absolute atomic E-state index is 0.417. The molecule has 0 saturated carbocycles. The number of esters is 1. The quantitative estimate of drug-likeness (QED) is 0.638. The molecule has 0 aliphatic rings. The Balaban J connectivity index is 2.41. The van der Waals surface area contributed by atoms with Crippen molar-refractivity contribution in [3.05, 3.63) is 53.6 Å². The molecule has 0 fully saturated rings. The van der Waals surface area contributed by atoms with E-state index in [1.807, 2.05) is 50.2 Å². The number of nitrogens with zero attached hydrogens (tertiary/aromatic N) is 1. The summed E-state index contributed by atoms with van der Waals surface area (Å²) in [6.07, 6.45) is 0.